The Hall–Kier alpha value is 0.972. The van der Waals surface area contributed by atoms with Gasteiger partial charge in [-0.3, -0.25) is 0 Å². The number of hydrogen-bond donors (Lipinski definition) is 0. The van der Waals surface area contributed by atoms with Crippen molar-refractivity contribution in [3.63, 3.8) is 0 Å². The zero-order valence-electron chi connectivity index (χ0n) is 8.13. The molecule has 0 aromatic heterocycles. The maximum absolute atomic E-state index is 5.26. The normalized spacial score (nSPS) is 28.6. The van der Waals surface area contributed by atoms with Crippen LogP contribution < -0.4 is 0 Å². The van der Waals surface area contributed by atoms with Gasteiger partial charge in [-0.05, 0) is 6.42 Å². The molecule has 13 heavy (non-hydrogen) atoms. The van der Waals surface area contributed by atoms with E-state index in [1.54, 1.807) is 0 Å². The molecule has 2 bridgehead atoms. The molecule has 0 saturated carbocycles. The Bertz CT molecular complexity index is 98.7. The molecule has 2 aliphatic rings. The molecule has 0 N–H and O–H groups in total. The summed E-state index contributed by atoms with van der Waals surface area (Å²) in [7, 11) is 0. The third-order valence-electron chi connectivity index (χ3n) is 1.63. The van der Waals surface area contributed by atoms with Crippen molar-refractivity contribution < 1.29 is 35.9 Å². The predicted molar refractivity (Wildman–Crippen MR) is 53.4 cm³/mol. The minimum absolute atomic E-state index is 0. The smallest absolute Gasteiger partial charge is 0.655 e. The molecule has 0 aromatic carbocycles. The number of nitrogens with zero attached hydrogens (tertiary/aromatic N) is 1. The van der Waals surface area contributed by atoms with Crippen LogP contribution in [0, 0.1) is 37.0 Å². The largest absolute Gasteiger partial charge is 2.00 e. The van der Waals surface area contributed by atoms with Crippen LogP contribution in [0.1, 0.15) is 34.6 Å². The Kier molecular flexibility index (Phi) is 10.5. The molecule has 2 aliphatic heterocycles. The molecular formula is C10H21NOU. The Morgan fingerprint density at radius 2 is 1.85 bits per heavy atom. The quantitative estimate of drug-likeness (QED) is 0.565. The SMILES string of the molecule is C.C1OC2C[N-]C1C2.C[C-](C)C.[U+2]. The van der Waals surface area contributed by atoms with Gasteiger partial charge in [0.05, 0.1) is 0 Å². The fourth-order valence-electron chi connectivity index (χ4n) is 1.21. The maximum atomic E-state index is 5.26. The van der Waals surface area contributed by atoms with Gasteiger partial charge in [0.1, 0.15) is 0 Å². The van der Waals surface area contributed by atoms with Crippen LogP contribution in [0.3, 0.4) is 0 Å². The summed E-state index contributed by atoms with van der Waals surface area (Å²) >= 11 is 0. The molecule has 2 fully saturated rings. The molecule has 0 spiro atoms. The first-order chi connectivity index (χ1) is 5.18. The molecule has 0 aliphatic carbocycles. The van der Waals surface area contributed by atoms with E-state index in [2.05, 4.69) is 26.1 Å². The zero-order valence-corrected chi connectivity index (χ0v) is 12.3. The van der Waals surface area contributed by atoms with Gasteiger partial charge in [-0.25, -0.2) is 0 Å². The van der Waals surface area contributed by atoms with E-state index in [1.165, 1.54) is 12.3 Å². The fourth-order valence-corrected chi connectivity index (χ4v) is 1.21. The molecule has 2 atom stereocenters. The van der Waals surface area contributed by atoms with E-state index >= 15 is 0 Å². The van der Waals surface area contributed by atoms with Gasteiger partial charge in [-0.2, -0.15) is 20.8 Å². The zero-order chi connectivity index (χ0) is 8.27. The second kappa shape index (κ2) is 8.29. The van der Waals surface area contributed by atoms with Crippen LogP contribution in [-0.4, -0.2) is 25.3 Å². The van der Waals surface area contributed by atoms with Crippen LogP contribution in [0.5, 0.6) is 0 Å². The Balaban J connectivity index is 0. The molecule has 0 amide bonds. The first kappa shape index (κ1) is 16.4. The molecule has 0 aromatic rings. The van der Waals surface area contributed by atoms with Crippen molar-refractivity contribution in [1.29, 1.82) is 0 Å². The van der Waals surface area contributed by atoms with E-state index in [1.807, 2.05) is 0 Å². The first-order valence-electron chi connectivity index (χ1n) is 4.23. The first-order valence-corrected chi connectivity index (χ1v) is 4.23. The van der Waals surface area contributed by atoms with E-state index in [4.69, 9.17) is 4.74 Å². The molecule has 0 radical (unpaired) electrons. The van der Waals surface area contributed by atoms with Crippen molar-refractivity contribution in [1.82, 2.24) is 0 Å². The van der Waals surface area contributed by atoms with Crippen molar-refractivity contribution in [2.45, 2.75) is 46.8 Å². The summed E-state index contributed by atoms with van der Waals surface area (Å²) in [5.41, 5.74) is 0. The van der Waals surface area contributed by atoms with E-state index < -0.39 is 0 Å². The van der Waals surface area contributed by atoms with Crippen molar-refractivity contribution >= 4 is 0 Å². The summed E-state index contributed by atoms with van der Waals surface area (Å²) in [5.74, 6) is 1.42. The van der Waals surface area contributed by atoms with Gasteiger partial charge in [0, 0.05) is 12.7 Å². The molecule has 3 heteroatoms. The predicted octanol–water partition coefficient (Wildman–Crippen LogP) is 2.79. The average molecular weight is 409 g/mol. The molecule has 2 saturated heterocycles. The van der Waals surface area contributed by atoms with Gasteiger partial charge in [-0.15, -0.1) is 12.6 Å². The van der Waals surface area contributed by atoms with E-state index in [9.17, 15) is 0 Å². The van der Waals surface area contributed by atoms with Gasteiger partial charge >= 0.3 is 31.1 Å². The van der Waals surface area contributed by atoms with Crippen LogP contribution in [0.2, 0.25) is 0 Å². The van der Waals surface area contributed by atoms with Crippen molar-refractivity contribution in [2.24, 2.45) is 0 Å². The summed E-state index contributed by atoms with van der Waals surface area (Å²) in [5, 5.41) is 4.28. The van der Waals surface area contributed by atoms with Crippen LogP contribution in [-0.2, 0) is 4.74 Å². The molecule has 2 heterocycles. The van der Waals surface area contributed by atoms with Gasteiger partial charge in [-0.1, -0.05) is 7.43 Å². The number of ether oxygens (including phenoxy) is 1. The number of fused-ring (bicyclic) bond motifs is 2. The van der Waals surface area contributed by atoms with Gasteiger partial charge in [0.2, 0.25) is 0 Å². The fraction of sp³-hybridized carbons (Fsp3) is 0.900. The topological polar surface area (TPSA) is 23.3 Å². The third kappa shape index (κ3) is 6.97. The molecule has 2 rings (SSSR count). The Morgan fingerprint density at radius 1 is 1.31 bits per heavy atom. The van der Waals surface area contributed by atoms with Crippen LogP contribution >= 0.6 is 0 Å². The molecule has 76 valence electrons. The minimum atomic E-state index is 0. The second-order valence-electron chi connectivity index (χ2n) is 3.71. The maximum Gasteiger partial charge on any atom is 2.00 e. The summed E-state index contributed by atoms with van der Waals surface area (Å²) in [6.07, 6.45) is 1.70. The molecule has 2 nitrogen and oxygen atoms in total. The monoisotopic (exact) mass is 409 g/mol. The number of hydrogen-bond acceptors (Lipinski definition) is 1. The van der Waals surface area contributed by atoms with Crippen LogP contribution in [0.25, 0.3) is 5.32 Å². The van der Waals surface area contributed by atoms with E-state index in [0.29, 0.717) is 12.1 Å². The molecular weight excluding hydrogens is 388 g/mol. The van der Waals surface area contributed by atoms with Gasteiger partial charge < -0.3 is 16.0 Å². The summed E-state index contributed by atoms with van der Waals surface area (Å²) in [6, 6.07) is 0.574. The van der Waals surface area contributed by atoms with E-state index in [0.717, 1.165) is 13.2 Å². The summed E-state index contributed by atoms with van der Waals surface area (Å²) < 4.78 is 5.26. The number of morpholine rings is 1. The summed E-state index contributed by atoms with van der Waals surface area (Å²) in [6.45, 7) is 8.11. The average Bonchev–Trinajstić information content (AvgIpc) is 2.45. The Labute approximate surface area is 107 Å². The second-order valence-corrected chi connectivity index (χ2v) is 3.71. The van der Waals surface area contributed by atoms with E-state index in [-0.39, 0.29) is 38.5 Å². The van der Waals surface area contributed by atoms with Gasteiger partial charge in [0.25, 0.3) is 0 Å². The number of rotatable bonds is 0. The van der Waals surface area contributed by atoms with Crippen molar-refractivity contribution in [2.75, 3.05) is 13.2 Å². The summed E-state index contributed by atoms with van der Waals surface area (Å²) in [4.78, 5) is 0. The van der Waals surface area contributed by atoms with Crippen molar-refractivity contribution in [3.8, 4) is 0 Å². The van der Waals surface area contributed by atoms with Crippen LogP contribution in [0.15, 0.2) is 0 Å². The standard InChI is InChI=1S/C5H8NO.C4H9.CH4.U/c1-4-3-7-5(1)2-6-4;1-4(2)3;;/h4-5H,1-3H2;1-3H3;1H4;/q2*-1;;+2. The minimum Gasteiger partial charge on any atom is -0.655 e. The van der Waals surface area contributed by atoms with Crippen LogP contribution in [0.4, 0.5) is 0 Å². The van der Waals surface area contributed by atoms with Crippen molar-refractivity contribution in [3.05, 3.63) is 11.2 Å². The molecule has 2 unspecified atom stereocenters. The van der Waals surface area contributed by atoms with Gasteiger partial charge in [0.15, 0.2) is 0 Å². The Morgan fingerprint density at radius 3 is 1.92 bits per heavy atom. The third-order valence-corrected chi connectivity index (χ3v) is 1.63.